The first-order valence-corrected chi connectivity index (χ1v) is 6.74. The molecule has 94 valence electrons. The third-order valence-electron chi connectivity index (χ3n) is 2.62. The van der Waals surface area contributed by atoms with E-state index in [0.717, 1.165) is 31.2 Å². The van der Waals surface area contributed by atoms with Crippen molar-refractivity contribution in [3.63, 3.8) is 0 Å². The number of carbonyl (C=O) groups is 1. The van der Waals surface area contributed by atoms with Crippen LogP contribution >= 0.6 is 11.8 Å². The molecule has 1 fully saturated rings. The van der Waals surface area contributed by atoms with Gasteiger partial charge in [-0.05, 0) is 7.05 Å². The molecule has 2 unspecified atom stereocenters. The molecule has 2 atom stereocenters. The van der Waals surface area contributed by atoms with E-state index in [1.54, 1.807) is 11.8 Å². The molecule has 0 spiro atoms. The smallest absolute Gasteiger partial charge is 0.309 e. The lowest BCUT2D eigenvalue weighted by Crippen LogP contribution is -2.41. The standard InChI is InChI=1S/C11H21NO3S/c1-9(11(13)14-3)7-16-8-10-6-12(2)4-5-15-10/h9-10H,4-8H2,1-3H3. The topological polar surface area (TPSA) is 38.8 Å². The zero-order valence-corrected chi connectivity index (χ0v) is 11.1. The Morgan fingerprint density at radius 1 is 1.69 bits per heavy atom. The largest absolute Gasteiger partial charge is 0.469 e. The van der Waals surface area contributed by atoms with Crippen LogP contribution in [-0.4, -0.2) is 62.3 Å². The van der Waals surface area contributed by atoms with Gasteiger partial charge in [-0.2, -0.15) is 11.8 Å². The molecular formula is C11H21NO3S. The minimum atomic E-state index is -0.130. The van der Waals surface area contributed by atoms with Crippen molar-refractivity contribution in [2.45, 2.75) is 13.0 Å². The number of esters is 1. The lowest BCUT2D eigenvalue weighted by atomic mass is 10.2. The highest BCUT2D eigenvalue weighted by atomic mass is 32.2. The molecule has 0 saturated carbocycles. The number of ether oxygens (including phenoxy) is 2. The Bertz CT molecular complexity index is 225. The summed E-state index contributed by atoms with van der Waals surface area (Å²) in [6.45, 7) is 4.71. The molecule has 1 aliphatic heterocycles. The molecule has 0 radical (unpaired) electrons. The van der Waals surface area contributed by atoms with Crippen molar-refractivity contribution in [1.29, 1.82) is 0 Å². The molecule has 0 aromatic carbocycles. The van der Waals surface area contributed by atoms with E-state index in [9.17, 15) is 4.79 Å². The van der Waals surface area contributed by atoms with E-state index in [0.29, 0.717) is 6.10 Å². The zero-order valence-electron chi connectivity index (χ0n) is 10.3. The summed E-state index contributed by atoms with van der Waals surface area (Å²) in [4.78, 5) is 13.4. The number of hydrogen-bond acceptors (Lipinski definition) is 5. The van der Waals surface area contributed by atoms with Crippen LogP contribution in [-0.2, 0) is 14.3 Å². The molecule has 4 nitrogen and oxygen atoms in total. The fraction of sp³-hybridized carbons (Fsp3) is 0.909. The summed E-state index contributed by atoms with van der Waals surface area (Å²) in [6.07, 6.45) is 0.300. The van der Waals surface area contributed by atoms with Gasteiger partial charge in [-0.15, -0.1) is 0 Å². The van der Waals surface area contributed by atoms with Gasteiger partial charge >= 0.3 is 5.97 Å². The highest BCUT2D eigenvalue weighted by Crippen LogP contribution is 2.14. The molecule has 0 aliphatic carbocycles. The molecule has 5 heteroatoms. The van der Waals surface area contributed by atoms with Crippen molar-refractivity contribution < 1.29 is 14.3 Å². The Balaban J connectivity index is 2.12. The van der Waals surface area contributed by atoms with E-state index in [1.807, 2.05) is 6.92 Å². The Morgan fingerprint density at radius 2 is 2.44 bits per heavy atom. The second-order valence-electron chi connectivity index (χ2n) is 4.22. The number of methoxy groups -OCH3 is 1. The summed E-state index contributed by atoms with van der Waals surface area (Å²) < 4.78 is 10.3. The molecule has 1 aliphatic rings. The molecule has 1 saturated heterocycles. The average molecular weight is 247 g/mol. The van der Waals surface area contributed by atoms with Gasteiger partial charge in [-0.25, -0.2) is 0 Å². The molecule has 0 aromatic rings. The van der Waals surface area contributed by atoms with Crippen LogP contribution in [0.4, 0.5) is 0 Å². The van der Waals surface area contributed by atoms with E-state index in [1.165, 1.54) is 7.11 Å². The second kappa shape index (κ2) is 7.14. The first-order valence-electron chi connectivity index (χ1n) is 5.59. The summed E-state index contributed by atoms with van der Waals surface area (Å²) in [5, 5.41) is 0. The van der Waals surface area contributed by atoms with Crippen molar-refractivity contribution in [2.75, 3.05) is 45.4 Å². The summed E-state index contributed by atoms with van der Waals surface area (Å²) in [7, 11) is 3.54. The van der Waals surface area contributed by atoms with Gasteiger partial charge in [0.1, 0.15) is 0 Å². The van der Waals surface area contributed by atoms with Crippen LogP contribution in [0.3, 0.4) is 0 Å². The molecule has 0 amide bonds. The van der Waals surface area contributed by atoms with Crippen LogP contribution in [0.25, 0.3) is 0 Å². The number of rotatable bonds is 5. The predicted octanol–water partition coefficient (Wildman–Crippen LogP) is 0.859. The van der Waals surface area contributed by atoms with E-state index in [4.69, 9.17) is 4.74 Å². The van der Waals surface area contributed by atoms with Gasteiger partial charge in [-0.3, -0.25) is 4.79 Å². The van der Waals surface area contributed by atoms with Gasteiger partial charge < -0.3 is 14.4 Å². The predicted molar refractivity (Wildman–Crippen MR) is 65.7 cm³/mol. The van der Waals surface area contributed by atoms with Crippen molar-refractivity contribution in [2.24, 2.45) is 5.92 Å². The maximum Gasteiger partial charge on any atom is 0.309 e. The van der Waals surface area contributed by atoms with Crippen LogP contribution in [0.2, 0.25) is 0 Å². The maximum absolute atomic E-state index is 11.2. The lowest BCUT2D eigenvalue weighted by molar-refractivity contribution is -0.144. The van der Waals surface area contributed by atoms with Gasteiger partial charge in [-0.1, -0.05) is 6.92 Å². The Labute approximate surface area is 102 Å². The summed E-state index contributed by atoms with van der Waals surface area (Å²) in [5.41, 5.74) is 0. The van der Waals surface area contributed by atoms with Gasteiger partial charge in [0, 0.05) is 24.6 Å². The molecule has 0 N–H and O–H groups in total. The van der Waals surface area contributed by atoms with Crippen molar-refractivity contribution in [3.8, 4) is 0 Å². The number of nitrogens with zero attached hydrogens (tertiary/aromatic N) is 1. The molecular weight excluding hydrogens is 226 g/mol. The highest BCUT2D eigenvalue weighted by Gasteiger charge is 2.19. The van der Waals surface area contributed by atoms with Crippen LogP contribution in [0.5, 0.6) is 0 Å². The second-order valence-corrected chi connectivity index (χ2v) is 5.29. The van der Waals surface area contributed by atoms with E-state index < -0.39 is 0 Å². The minimum Gasteiger partial charge on any atom is -0.469 e. The van der Waals surface area contributed by atoms with E-state index in [-0.39, 0.29) is 11.9 Å². The van der Waals surface area contributed by atoms with Crippen molar-refractivity contribution in [3.05, 3.63) is 0 Å². The normalized spacial score (nSPS) is 24.1. The SMILES string of the molecule is COC(=O)C(C)CSCC1CN(C)CCO1. The first kappa shape index (κ1) is 13.8. The van der Waals surface area contributed by atoms with Crippen LogP contribution in [0.1, 0.15) is 6.92 Å². The molecule has 1 rings (SSSR count). The molecule has 0 aromatic heterocycles. The number of likely N-dealkylation sites (N-methyl/N-ethyl adjacent to an activating group) is 1. The van der Waals surface area contributed by atoms with Crippen LogP contribution < -0.4 is 0 Å². The lowest BCUT2D eigenvalue weighted by Gasteiger charge is -2.29. The van der Waals surface area contributed by atoms with Crippen molar-refractivity contribution in [1.82, 2.24) is 4.90 Å². The third kappa shape index (κ3) is 4.72. The summed E-state index contributed by atoms with van der Waals surface area (Å²) >= 11 is 1.76. The van der Waals surface area contributed by atoms with Gasteiger partial charge in [0.15, 0.2) is 0 Å². The quantitative estimate of drug-likeness (QED) is 0.674. The Hall–Kier alpha value is -0.260. The molecule has 0 bridgehead atoms. The summed E-state index contributed by atoms with van der Waals surface area (Å²) in [6, 6.07) is 0. The van der Waals surface area contributed by atoms with Crippen LogP contribution in [0.15, 0.2) is 0 Å². The Morgan fingerprint density at radius 3 is 3.06 bits per heavy atom. The molecule has 16 heavy (non-hydrogen) atoms. The van der Waals surface area contributed by atoms with Crippen LogP contribution in [0, 0.1) is 5.92 Å². The van der Waals surface area contributed by atoms with E-state index in [2.05, 4.69) is 16.7 Å². The first-order chi connectivity index (χ1) is 7.63. The van der Waals surface area contributed by atoms with Gasteiger partial charge in [0.25, 0.3) is 0 Å². The number of morpholine rings is 1. The minimum absolute atomic E-state index is 0.0312. The molecule has 1 heterocycles. The summed E-state index contributed by atoms with van der Waals surface area (Å²) in [5.74, 6) is 1.59. The van der Waals surface area contributed by atoms with E-state index >= 15 is 0 Å². The monoisotopic (exact) mass is 247 g/mol. The van der Waals surface area contributed by atoms with Gasteiger partial charge in [0.2, 0.25) is 0 Å². The zero-order chi connectivity index (χ0) is 12.0. The van der Waals surface area contributed by atoms with Gasteiger partial charge in [0.05, 0.1) is 25.7 Å². The number of hydrogen-bond donors (Lipinski definition) is 0. The maximum atomic E-state index is 11.2. The number of thioether (sulfide) groups is 1. The third-order valence-corrected chi connectivity index (χ3v) is 3.96. The Kier molecular flexibility index (Phi) is 6.16. The number of carbonyl (C=O) groups excluding carboxylic acids is 1. The van der Waals surface area contributed by atoms with Crippen molar-refractivity contribution >= 4 is 17.7 Å². The fourth-order valence-electron chi connectivity index (χ4n) is 1.61. The fourth-order valence-corrected chi connectivity index (χ4v) is 2.70. The highest BCUT2D eigenvalue weighted by molar-refractivity contribution is 7.99. The average Bonchev–Trinajstić information content (AvgIpc) is 2.28.